The Hall–Kier alpha value is -2.94. The van der Waals surface area contributed by atoms with Crippen LogP contribution in [0.2, 0.25) is 0 Å². The number of anilines is 2. The molecular formula is C26H34N4O4. The fourth-order valence-electron chi connectivity index (χ4n) is 4.54. The number of carbonyl (C=O) groups is 2. The Bertz CT molecular complexity index is 989. The lowest BCUT2D eigenvalue weighted by atomic mass is 10.1. The summed E-state index contributed by atoms with van der Waals surface area (Å²) in [6.07, 6.45) is 1.85. The molecular weight excluding hydrogens is 432 g/mol. The van der Waals surface area contributed by atoms with Gasteiger partial charge in [-0.05, 0) is 67.8 Å². The molecule has 8 heteroatoms. The number of carbonyl (C=O) groups excluding carboxylic acids is 2. The van der Waals surface area contributed by atoms with Gasteiger partial charge in [0.05, 0.1) is 32.9 Å². The quantitative estimate of drug-likeness (QED) is 0.623. The highest BCUT2D eigenvalue weighted by atomic mass is 16.5. The minimum Gasteiger partial charge on any atom is -0.497 e. The first-order chi connectivity index (χ1) is 16.5. The van der Waals surface area contributed by atoms with E-state index >= 15 is 0 Å². The highest BCUT2D eigenvalue weighted by molar-refractivity contribution is 5.96. The number of likely N-dealkylation sites (tertiary alicyclic amines) is 1. The summed E-state index contributed by atoms with van der Waals surface area (Å²) < 4.78 is 10.6. The molecule has 1 unspecified atom stereocenters. The number of nitrogens with zero attached hydrogens (tertiary/aromatic N) is 2. The summed E-state index contributed by atoms with van der Waals surface area (Å²) in [4.78, 5) is 29.8. The van der Waals surface area contributed by atoms with Crippen molar-refractivity contribution in [2.75, 3.05) is 57.1 Å². The van der Waals surface area contributed by atoms with Gasteiger partial charge in [0.1, 0.15) is 5.75 Å². The zero-order valence-electron chi connectivity index (χ0n) is 20.0. The summed E-state index contributed by atoms with van der Waals surface area (Å²) in [5, 5.41) is 6.05. The number of ether oxygens (including phenoxy) is 2. The lowest BCUT2D eigenvalue weighted by Crippen LogP contribution is -2.41. The first-order valence-corrected chi connectivity index (χ1v) is 11.9. The topological polar surface area (TPSA) is 83.1 Å². The first kappa shape index (κ1) is 24.2. The van der Waals surface area contributed by atoms with Crippen molar-refractivity contribution in [3.05, 3.63) is 53.6 Å². The highest BCUT2D eigenvalue weighted by Gasteiger charge is 2.30. The highest BCUT2D eigenvalue weighted by Crippen LogP contribution is 2.24. The van der Waals surface area contributed by atoms with Gasteiger partial charge < -0.3 is 20.1 Å². The Morgan fingerprint density at radius 1 is 1.06 bits per heavy atom. The largest absolute Gasteiger partial charge is 0.497 e. The van der Waals surface area contributed by atoms with E-state index in [-0.39, 0.29) is 17.9 Å². The Labute approximate surface area is 201 Å². The van der Waals surface area contributed by atoms with Gasteiger partial charge in [0.15, 0.2) is 0 Å². The second-order valence-corrected chi connectivity index (χ2v) is 8.93. The molecule has 2 amide bonds. The van der Waals surface area contributed by atoms with Crippen LogP contribution < -0.4 is 15.4 Å². The minimum absolute atomic E-state index is 0.00881. The molecule has 2 N–H and O–H groups in total. The fourth-order valence-corrected chi connectivity index (χ4v) is 4.54. The molecule has 2 heterocycles. The third-order valence-corrected chi connectivity index (χ3v) is 6.45. The van der Waals surface area contributed by atoms with Gasteiger partial charge in [0, 0.05) is 31.0 Å². The third kappa shape index (κ3) is 6.34. The number of methoxy groups -OCH3 is 1. The summed E-state index contributed by atoms with van der Waals surface area (Å²) in [7, 11) is 1.66. The molecule has 2 saturated heterocycles. The van der Waals surface area contributed by atoms with Crippen molar-refractivity contribution in [3.63, 3.8) is 0 Å². The molecule has 34 heavy (non-hydrogen) atoms. The van der Waals surface area contributed by atoms with Crippen LogP contribution in [0.4, 0.5) is 11.4 Å². The smallest absolute Gasteiger partial charge is 0.241 e. The molecule has 2 fully saturated rings. The van der Waals surface area contributed by atoms with E-state index in [2.05, 4.69) is 20.4 Å². The van der Waals surface area contributed by atoms with Crippen LogP contribution in [-0.2, 0) is 20.9 Å². The van der Waals surface area contributed by atoms with Crippen LogP contribution in [0, 0.1) is 6.92 Å². The Morgan fingerprint density at radius 2 is 1.82 bits per heavy atom. The van der Waals surface area contributed by atoms with Gasteiger partial charge in [-0.15, -0.1) is 0 Å². The molecule has 182 valence electrons. The molecule has 0 aliphatic carbocycles. The van der Waals surface area contributed by atoms with Crippen LogP contribution in [0.5, 0.6) is 5.75 Å². The number of hydrogen-bond acceptors (Lipinski definition) is 6. The zero-order chi connectivity index (χ0) is 23.9. The van der Waals surface area contributed by atoms with Crippen LogP contribution >= 0.6 is 0 Å². The number of nitrogens with one attached hydrogen (secondary N) is 2. The average molecular weight is 467 g/mol. The van der Waals surface area contributed by atoms with Crippen molar-refractivity contribution in [1.29, 1.82) is 0 Å². The van der Waals surface area contributed by atoms with E-state index in [9.17, 15) is 9.59 Å². The van der Waals surface area contributed by atoms with E-state index in [1.54, 1.807) is 7.11 Å². The second kappa shape index (κ2) is 11.5. The van der Waals surface area contributed by atoms with Crippen LogP contribution in [-0.4, -0.2) is 74.2 Å². The average Bonchev–Trinajstić information content (AvgIpc) is 3.30. The van der Waals surface area contributed by atoms with Gasteiger partial charge in [0.25, 0.3) is 0 Å². The predicted molar refractivity (Wildman–Crippen MR) is 132 cm³/mol. The lowest BCUT2D eigenvalue weighted by Gasteiger charge is -2.26. The van der Waals surface area contributed by atoms with Gasteiger partial charge in [-0.1, -0.05) is 12.1 Å². The Morgan fingerprint density at radius 3 is 2.53 bits per heavy atom. The maximum Gasteiger partial charge on any atom is 0.241 e. The van der Waals surface area contributed by atoms with Gasteiger partial charge in [-0.2, -0.15) is 0 Å². The lowest BCUT2D eigenvalue weighted by molar-refractivity contribution is -0.120. The Balaban J connectivity index is 1.32. The van der Waals surface area contributed by atoms with Gasteiger partial charge in [-0.25, -0.2) is 0 Å². The van der Waals surface area contributed by atoms with Crippen LogP contribution in [0.3, 0.4) is 0 Å². The second-order valence-electron chi connectivity index (χ2n) is 8.93. The van der Waals surface area contributed by atoms with E-state index in [0.717, 1.165) is 67.3 Å². The summed E-state index contributed by atoms with van der Waals surface area (Å²) >= 11 is 0. The van der Waals surface area contributed by atoms with Crippen molar-refractivity contribution in [2.24, 2.45) is 0 Å². The van der Waals surface area contributed by atoms with Crippen molar-refractivity contribution >= 4 is 23.2 Å². The molecule has 8 nitrogen and oxygen atoms in total. The van der Waals surface area contributed by atoms with Crippen molar-refractivity contribution in [3.8, 4) is 5.75 Å². The maximum absolute atomic E-state index is 13.1. The number of aryl methyl sites for hydroxylation is 1. The molecule has 2 aromatic rings. The number of hydrogen-bond donors (Lipinski definition) is 2. The van der Waals surface area contributed by atoms with Crippen molar-refractivity contribution < 1.29 is 19.1 Å². The molecule has 4 rings (SSSR count). The standard InChI is InChI=1S/C26H34N4O4/c1-19-16-21(7-10-23(19)28-25(31)18-29-12-14-34-15-13-29)27-26(32)24-4-3-11-30(24)17-20-5-8-22(33-2)9-6-20/h5-10,16,24H,3-4,11-15,17-18H2,1-2H3,(H,27,32)(H,28,31). The summed E-state index contributed by atoms with van der Waals surface area (Å²) in [6.45, 7) is 6.80. The third-order valence-electron chi connectivity index (χ3n) is 6.45. The first-order valence-electron chi connectivity index (χ1n) is 11.9. The minimum atomic E-state index is -0.157. The molecule has 2 aliphatic rings. The van der Waals surface area contributed by atoms with Crippen LogP contribution in [0.15, 0.2) is 42.5 Å². The SMILES string of the molecule is COc1ccc(CN2CCCC2C(=O)Nc2ccc(NC(=O)CN3CCOCC3)c(C)c2)cc1. The van der Waals surface area contributed by atoms with Crippen LogP contribution in [0.1, 0.15) is 24.0 Å². The molecule has 2 aliphatic heterocycles. The monoisotopic (exact) mass is 466 g/mol. The number of amides is 2. The normalized spacial score (nSPS) is 19.1. The maximum atomic E-state index is 13.1. The predicted octanol–water partition coefficient (Wildman–Crippen LogP) is 2.88. The molecule has 0 bridgehead atoms. The number of morpholine rings is 1. The zero-order valence-corrected chi connectivity index (χ0v) is 20.0. The van der Waals surface area contributed by atoms with Crippen molar-refractivity contribution in [2.45, 2.75) is 32.4 Å². The summed E-state index contributed by atoms with van der Waals surface area (Å²) in [5.41, 5.74) is 3.58. The van der Waals surface area contributed by atoms with E-state index in [1.807, 2.05) is 49.4 Å². The van der Waals surface area contributed by atoms with Gasteiger partial charge in [0.2, 0.25) is 11.8 Å². The van der Waals surface area contributed by atoms with Crippen molar-refractivity contribution in [1.82, 2.24) is 9.80 Å². The fraction of sp³-hybridized carbons (Fsp3) is 0.462. The van der Waals surface area contributed by atoms with E-state index < -0.39 is 0 Å². The molecule has 0 spiro atoms. The van der Waals surface area contributed by atoms with E-state index in [1.165, 1.54) is 0 Å². The summed E-state index contributed by atoms with van der Waals surface area (Å²) in [5.74, 6) is 0.798. The van der Waals surface area contributed by atoms with Gasteiger partial charge >= 0.3 is 0 Å². The number of rotatable bonds is 8. The van der Waals surface area contributed by atoms with E-state index in [0.29, 0.717) is 19.8 Å². The molecule has 0 saturated carbocycles. The van der Waals surface area contributed by atoms with Crippen LogP contribution in [0.25, 0.3) is 0 Å². The number of benzene rings is 2. The van der Waals surface area contributed by atoms with Gasteiger partial charge in [-0.3, -0.25) is 19.4 Å². The molecule has 1 atom stereocenters. The molecule has 0 aromatic heterocycles. The Kier molecular flexibility index (Phi) is 8.16. The molecule has 2 aromatic carbocycles. The van der Waals surface area contributed by atoms with E-state index in [4.69, 9.17) is 9.47 Å². The summed E-state index contributed by atoms with van der Waals surface area (Å²) in [6, 6.07) is 13.4. The molecule has 0 radical (unpaired) electrons.